The summed E-state index contributed by atoms with van der Waals surface area (Å²) in [5.41, 5.74) is 2.10. The summed E-state index contributed by atoms with van der Waals surface area (Å²) >= 11 is 7.80. The van der Waals surface area contributed by atoms with Crippen molar-refractivity contribution in [2.24, 2.45) is 0 Å². The van der Waals surface area contributed by atoms with Gasteiger partial charge in [0.1, 0.15) is 0 Å². The zero-order chi connectivity index (χ0) is 19.1. The van der Waals surface area contributed by atoms with E-state index in [1.165, 1.54) is 5.56 Å². The van der Waals surface area contributed by atoms with Gasteiger partial charge in [-0.3, -0.25) is 14.6 Å². The molecule has 1 aliphatic rings. The Hall–Kier alpha value is -1.91. The maximum Gasteiger partial charge on any atom is 0.241 e. The molecule has 142 valence electrons. The minimum atomic E-state index is 0.0128. The summed E-state index contributed by atoms with van der Waals surface area (Å²) in [5, 5.41) is 13.8. The zero-order valence-corrected chi connectivity index (χ0v) is 16.8. The maximum absolute atomic E-state index is 12.9. The number of piperazine rings is 1. The second-order valence-electron chi connectivity index (χ2n) is 6.62. The molecule has 5 nitrogen and oxygen atoms in total. The number of nitriles is 1. The fourth-order valence-corrected chi connectivity index (χ4v) is 4.07. The first-order valence-corrected chi connectivity index (χ1v) is 10.4. The summed E-state index contributed by atoms with van der Waals surface area (Å²) in [7, 11) is 0. The van der Waals surface area contributed by atoms with Gasteiger partial charge in [-0.25, -0.2) is 0 Å². The van der Waals surface area contributed by atoms with E-state index in [4.69, 9.17) is 16.9 Å². The number of thiophene rings is 1. The Labute approximate surface area is 169 Å². The van der Waals surface area contributed by atoms with Gasteiger partial charge in [-0.1, -0.05) is 17.7 Å². The smallest absolute Gasteiger partial charge is 0.241 e. The van der Waals surface area contributed by atoms with Gasteiger partial charge in [0.05, 0.1) is 19.0 Å². The van der Waals surface area contributed by atoms with E-state index in [1.807, 2.05) is 12.1 Å². The van der Waals surface area contributed by atoms with Crippen molar-refractivity contribution in [2.75, 3.05) is 44.2 Å². The van der Waals surface area contributed by atoms with E-state index in [2.05, 4.69) is 32.7 Å². The number of carbonyl (C=O) groups is 1. The van der Waals surface area contributed by atoms with Crippen molar-refractivity contribution >= 4 is 34.5 Å². The number of amides is 1. The molecule has 1 aliphatic heterocycles. The van der Waals surface area contributed by atoms with Crippen molar-refractivity contribution in [1.29, 1.82) is 5.26 Å². The van der Waals surface area contributed by atoms with Crippen LogP contribution in [0.5, 0.6) is 0 Å². The molecular formula is C20H23ClN4OS. The first-order chi connectivity index (χ1) is 13.2. The number of nitrogens with zero attached hydrogens (tertiary/aromatic N) is 4. The minimum absolute atomic E-state index is 0.0128. The molecule has 27 heavy (non-hydrogen) atoms. The Morgan fingerprint density at radius 2 is 2.00 bits per heavy atom. The van der Waals surface area contributed by atoms with Crippen LogP contribution in [0, 0.1) is 11.3 Å². The molecule has 0 N–H and O–H groups in total. The summed E-state index contributed by atoms with van der Waals surface area (Å²) in [6, 6.07) is 11.5. The molecule has 1 amide bonds. The molecule has 1 saturated heterocycles. The molecule has 0 saturated carbocycles. The van der Waals surface area contributed by atoms with Crippen LogP contribution in [-0.2, 0) is 11.3 Å². The average Bonchev–Trinajstić information content (AvgIpc) is 3.17. The molecular weight excluding hydrogens is 380 g/mol. The first kappa shape index (κ1) is 19.8. The highest BCUT2D eigenvalue weighted by atomic mass is 35.5. The van der Waals surface area contributed by atoms with E-state index in [0.29, 0.717) is 24.5 Å². The lowest BCUT2D eigenvalue weighted by Crippen LogP contribution is -2.50. The number of hydrogen-bond acceptors (Lipinski definition) is 5. The van der Waals surface area contributed by atoms with Crippen LogP contribution in [0.1, 0.15) is 12.0 Å². The molecule has 1 aromatic heterocycles. The lowest BCUT2D eigenvalue weighted by atomic mass is 10.2. The van der Waals surface area contributed by atoms with Gasteiger partial charge in [0.2, 0.25) is 5.91 Å². The van der Waals surface area contributed by atoms with Crippen LogP contribution >= 0.6 is 22.9 Å². The van der Waals surface area contributed by atoms with E-state index >= 15 is 0 Å². The minimum Gasteiger partial charge on any atom is -0.310 e. The van der Waals surface area contributed by atoms with Gasteiger partial charge in [0.15, 0.2) is 0 Å². The van der Waals surface area contributed by atoms with E-state index in [1.54, 1.807) is 28.4 Å². The molecule has 3 rings (SSSR count). The highest BCUT2D eigenvalue weighted by Crippen LogP contribution is 2.20. The predicted molar refractivity (Wildman–Crippen MR) is 110 cm³/mol. The molecule has 0 radical (unpaired) electrons. The van der Waals surface area contributed by atoms with E-state index < -0.39 is 0 Å². The van der Waals surface area contributed by atoms with Gasteiger partial charge < -0.3 is 4.90 Å². The summed E-state index contributed by atoms with van der Waals surface area (Å²) in [5.74, 6) is 0.0128. The lowest BCUT2D eigenvalue weighted by molar-refractivity contribution is -0.120. The molecule has 7 heteroatoms. The first-order valence-electron chi connectivity index (χ1n) is 9.04. The summed E-state index contributed by atoms with van der Waals surface area (Å²) in [6.45, 7) is 5.38. The molecule has 0 aliphatic carbocycles. The standard InChI is InChI=1S/C20H23ClN4OS/c21-18-3-1-4-19(13-18)25(7-2-6-22)20(26)15-24-10-8-23(9-11-24)14-17-5-12-27-16-17/h1,3-5,12-13,16H,2,7-11,14-15H2. The van der Waals surface area contributed by atoms with Crippen LogP contribution in [0.15, 0.2) is 41.1 Å². The molecule has 2 heterocycles. The van der Waals surface area contributed by atoms with Crippen LogP contribution in [0.2, 0.25) is 5.02 Å². The van der Waals surface area contributed by atoms with Crippen LogP contribution in [-0.4, -0.2) is 55.0 Å². The Kier molecular flexibility index (Phi) is 7.25. The van der Waals surface area contributed by atoms with Crippen LogP contribution in [0.4, 0.5) is 5.69 Å². The average molecular weight is 403 g/mol. The topological polar surface area (TPSA) is 50.6 Å². The van der Waals surface area contributed by atoms with Gasteiger partial charge >= 0.3 is 0 Å². The maximum atomic E-state index is 12.9. The Bertz CT molecular complexity index is 782. The second-order valence-corrected chi connectivity index (χ2v) is 7.83. The second kappa shape index (κ2) is 9.86. The molecule has 1 aromatic carbocycles. The molecule has 0 unspecified atom stereocenters. The van der Waals surface area contributed by atoms with Crippen LogP contribution in [0.3, 0.4) is 0 Å². The monoisotopic (exact) mass is 402 g/mol. The van der Waals surface area contributed by atoms with Crippen LogP contribution in [0.25, 0.3) is 0 Å². The molecule has 0 atom stereocenters. The van der Waals surface area contributed by atoms with Gasteiger partial charge in [0.25, 0.3) is 0 Å². The van der Waals surface area contributed by atoms with E-state index in [0.717, 1.165) is 38.4 Å². The number of rotatable bonds is 7. The Balaban J connectivity index is 1.55. The van der Waals surface area contributed by atoms with Gasteiger partial charge in [0, 0.05) is 50.0 Å². The summed E-state index contributed by atoms with van der Waals surface area (Å²) < 4.78 is 0. The third kappa shape index (κ3) is 5.78. The zero-order valence-electron chi connectivity index (χ0n) is 15.2. The van der Waals surface area contributed by atoms with Crippen molar-refractivity contribution in [3.8, 4) is 6.07 Å². The van der Waals surface area contributed by atoms with Crippen LogP contribution < -0.4 is 4.90 Å². The number of carbonyl (C=O) groups excluding carboxylic acids is 1. The third-order valence-electron chi connectivity index (χ3n) is 4.68. The molecule has 1 fully saturated rings. The largest absolute Gasteiger partial charge is 0.310 e. The van der Waals surface area contributed by atoms with Gasteiger partial charge in [-0.2, -0.15) is 16.6 Å². The van der Waals surface area contributed by atoms with Crippen molar-refractivity contribution in [3.05, 3.63) is 51.7 Å². The quantitative estimate of drug-likeness (QED) is 0.711. The predicted octanol–water partition coefficient (Wildman–Crippen LogP) is 3.47. The van der Waals surface area contributed by atoms with E-state index in [-0.39, 0.29) is 5.91 Å². The fraction of sp³-hybridized carbons (Fsp3) is 0.400. The number of hydrogen-bond donors (Lipinski definition) is 0. The number of anilines is 1. The third-order valence-corrected chi connectivity index (χ3v) is 5.65. The van der Waals surface area contributed by atoms with Crippen molar-refractivity contribution < 1.29 is 4.79 Å². The lowest BCUT2D eigenvalue weighted by Gasteiger charge is -2.35. The molecule has 0 bridgehead atoms. The molecule has 2 aromatic rings. The molecule has 0 spiro atoms. The Morgan fingerprint density at radius 3 is 2.67 bits per heavy atom. The Morgan fingerprint density at radius 1 is 1.22 bits per heavy atom. The summed E-state index contributed by atoms with van der Waals surface area (Å²) in [6.07, 6.45) is 0.298. The SMILES string of the molecule is N#CCCN(C(=O)CN1CCN(Cc2ccsc2)CC1)c1cccc(Cl)c1. The highest BCUT2D eigenvalue weighted by molar-refractivity contribution is 7.07. The van der Waals surface area contributed by atoms with E-state index in [9.17, 15) is 4.79 Å². The van der Waals surface area contributed by atoms with Crippen molar-refractivity contribution in [1.82, 2.24) is 9.80 Å². The van der Waals surface area contributed by atoms with Gasteiger partial charge in [-0.05, 0) is 40.6 Å². The number of halogens is 1. The van der Waals surface area contributed by atoms with Crippen molar-refractivity contribution in [3.63, 3.8) is 0 Å². The normalized spacial score (nSPS) is 15.4. The number of benzene rings is 1. The highest BCUT2D eigenvalue weighted by Gasteiger charge is 2.22. The summed E-state index contributed by atoms with van der Waals surface area (Å²) in [4.78, 5) is 19.2. The fourth-order valence-electron chi connectivity index (χ4n) is 3.23. The van der Waals surface area contributed by atoms with Crippen molar-refractivity contribution in [2.45, 2.75) is 13.0 Å². The van der Waals surface area contributed by atoms with Gasteiger partial charge in [-0.15, -0.1) is 0 Å².